The molecule has 1 nitrogen and oxygen atoms in total. The maximum atomic E-state index is 13.0. The first-order valence-corrected chi connectivity index (χ1v) is 6.13. The minimum Gasteiger partial charge on any atom is -0.384 e. The Morgan fingerprint density at radius 1 is 1.06 bits per heavy atom. The van der Waals surface area contributed by atoms with Crippen molar-refractivity contribution in [1.29, 1.82) is 0 Å². The molecule has 2 aromatic rings. The summed E-state index contributed by atoms with van der Waals surface area (Å²) >= 11 is 12.7. The zero-order valence-electron chi connectivity index (χ0n) is 8.25. The van der Waals surface area contributed by atoms with Gasteiger partial charge < -0.3 is 5.11 Å². The summed E-state index contributed by atoms with van der Waals surface area (Å²) in [7, 11) is 0. The van der Waals surface area contributed by atoms with E-state index in [0.717, 1.165) is 29.5 Å². The van der Waals surface area contributed by atoms with Gasteiger partial charge >= 0.3 is 0 Å². The van der Waals surface area contributed by atoms with Crippen LogP contribution in [-0.4, -0.2) is 5.11 Å². The number of aliphatic hydroxyl groups is 1. The fourth-order valence-corrected chi connectivity index (χ4v) is 2.97. The topological polar surface area (TPSA) is 20.2 Å². The van der Waals surface area contributed by atoms with Gasteiger partial charge in [-0.25, -0.2) is 8.78 Å². The number of hydrogen-bond acceptors (Lipinski definition) is 2. The second-order valence-corrected chi connectivity index (χ2v) is 5.67. The highest BCUT2D eigenvalue weighted by atomic mass is 35.5. The smallest absolute Gasteiger partial charge is 0.126 e. The minimum absolute atomic E-state index is 0.0962. The van der Waals surface area contributed by atoms with Crippen LogP contribution in [-0.2, 0) is 0 Å². The Morgan fingerprint density at radius 3 is 2.12 bits per heavy atom. The Morgan fingerprint density at radius 2 is 1.65 bits per heavy atom. The molecule has 1 heterocycles. The molecule has 0 aliphatic heterocycles. The van der Waals surface area contributed by atoms with E-state index >= 15 is 0 Å². The van der Waals surface area contributed by atoms with Crippen LogP contribution in [0.5, 0.6) is 0 Å². The summed E-state index contributed by atoms with van der Waals surface area (Å²) in [5, 5.41) is 9.97. The number of benzene rings is 1. The molecule has 90 valence electrons. The van der Waals surface area contributed by atoms with E-state index in [9.17, 15) is 13.9 Å². The van der Waals surface area contributed by atoms with Crippen LogP contribution in [0.2, 0.25) is 8.67 Å². The van der Waals surface area contributed by atoms with Crippen molar-refractivity contribution in [3.8, 4) is 0 Å². The largest absolute Gasteiger partial charge is 0.384 e. The first-order chi connectivity index (χ1) is 7.97. The first kappa shape index (κ1) is 12.8. The molecule has 0 aliphatic carbocycles. The van der Waals surface area contributed by atoms with Gasteiger partial charge in [-0.05, 0) is 23.8 Å². The molecule has 0 amide bonds. The van der Waals surface area contributed by atoms with Gasteiger partial charge in [0.05, 0.1) is 4.34 Å². The van der Waals surface area contributed by atoms with Gasteiger partial charge in [-0.2, -0.15) is 0 Å². The van der Waals surface area contributed by atoms with Crippen molar-refractivity contribution < 1.29 is 13.9 Å². The third kappa shape index (κ3) is 2.77. The lowest BCUT2D eigenvalue weighted by Gasteiger charge is -2.10. The molecule has 0 saturated carbocycles. The van der Waals surface area contributed by atoms with Gasteiger partial charge in [0.2, 0.25) is 0 Å². The lowest BCUT2D eigenvalue weighted by atomic mass is 10.0. The summed E-state index contributed by atoms with van der Waals surface area (Å²) in [4.78, 5) is 0. The van der Waals surface area contributed by atoms with Gasteiger partial charge in [-0.15, -0.1) is 11.3 Å². The fraction of sp³-hybridized carbons (Fsp3) is 0.0909. The van der Waals surface area contributed by atoms with Crippen molar-refractivity contribution in [1.82, 2.24) is 0 Å². The molecule has 0 aliphatic rings. The SMILES string of the molecule is OC(c1cc(F)cc(F)c1)c1cc(Cl)sc1Cl. The number of aliphatic hydroxyl groups excluding tert-OH is 1. The van der Waals surface area contributed by atoms with E-state index in [1.807, 2.05) is 0 Å². The van der Waals surface area contributed by atoms with Crippen molar-refractivity contribution >= 4 is 34.5 Å². The Kier molecular flexibility index (Phi) is 3.68. The van der Waals surface area contributed by atoms with E-state index in [0.29, 0.717) is 14.2 Å². The van der Waals surface area contributed by atoms with Crippen LogP contribution in [0.25, 0.3) is 0 Å². The van der Waals surface area contributed by atoms with Gasteiger partial charge in [0, 0.05) is 11.6 Å². The highest BCUT2D eigenvalue weighted by Gasteiger charge is 2.18. The van der Waals surface area contributed by atoms with Gasteiger partial charge in [0.15, 0.2) is 0 Å². The lowest BCUT2D eigenvalue weighted by molar-refractivity contribution is 0.220. The molecular weight excluding hydrogens is 289 g/mol. The molecule has 1 N–H and O–H groups in total. The normalized spacial score (nSPS) is 12.8. The van der Waals surface area contributed by atoms with E-state index in [1.54, 1.807) is 0 Å². The molecule has 1 unspecified atom stereocenters. The minimum atomic E-state index is -1.20. The summed E-state index contributed by atoms with van der Waals surface area (Å²) in [6.07, 6.45) is -1.20. The maximum Gasteiger partial charge on any atom is 0.126 e. The molecule has 1 aromatic carbocycles. The van der Waals surface area contributed by atoms with Crippen LogP contribution in [0.1, 0.15) is 17.2 Å². The molecular formula is C11H6Cl2F2OS. The van der Waals surface area contributed by atoms with Crippen LogP contribution in [0.4, 0.5) is 8.78 Å². The molecule has 0 bridgehead atoms. The van der Waals surface area contributed by atoms with Gasteiger partial charge in [-0.3, -0.25) is 0 Å². The molecule has 0 fully saturated rings. The number of rotatable bonds is 2. The quantitative estimate of drug-likeness (QED) is 0.869. The molecule has 0 saturated heterocycles. The molecule has 1 atom stereocenters. The van der Waals surface area contributed by atoms with Crippen LogP contribution >= 0.6 is 34.5 Å². The number of hydrogen-bond donors (Lipinski definition) is 1. The van der Waals surface area contributed by atoms with Crippen molar-refractivity contribution in [2.24, 2.45) is 0 Å². The van der Waals surface area contributed by atoms with E-state index in [1.165, 1.54) is 6.07 Å². The Hall–Kier alpha value is -0.680. The van der Waals surface area contributed by atoms with Crippen LogP contribution in [0.15, 0.2) is 24.3 Å². The Balaban J connectivity index is 2.43. The average molecular weight is 295 g/mol. The summed E-state index contributed by atoms with van der Waals surface area (Å²) in [5.74, 6) is -1.51. The zero-order valence-corrected chi connectivity index (χ0v) is 10.6. The van der Waals surface area contributed by atoms with Crippen LogP contribution in [0.3, 0.4) is 0 Å². The van der Waals surface area contributed by atoms with Crippen molar-refractivity contribution in [2.45, 2.75) is 6.10 Å². The standard InChI is InChI=1S/C11H6Cl2F2OS/c12-9-4-8(11(13)17-9)10(16)5-1-6(14)3-7(15)2-5/h1-4,10,16H. The zero-order chi connectivity index (χ0) is 12.6. The first-order valence-electron chi connectivity index (χ1n) is 4.56. The van der Waals surface area contributed by atoms with Gasteiger partial charge in [0.25, 0.3) is 0 Å². The fourth-order valence-electron chi connectivity index (χ4n) is 1.45. The van der Waals surface area contributed by atoms with Crippen molar-refractivity contribution in [3.05, 3.63) is 55.7 Å². The number of halogens is 4. The maximum absolute atomic E-state index is 13.0. The molecule has 1 aromatic heterocycles. The molecule has 2 rings (SSSR count). The van der Waals surface area contributed by atoms with Gasteiger partial charge in [0.1, 0.15) is 22.1 Å². The third-order valence-corrected chi connectivity index (χ3v) is 3.70. The number of thiophene rings is 1. The lowest BCUT2D eigenvalue weighted by Crippen LogP contribution is -2.00. The monoisotopic (exact) mass is 294 g/mol. The second kappa shape index (κ2) is 4.90. The van der Waals surface area contributed by atoms with E-state index in [-0.39, 0.29) is 5.56 Å². The summed E-state index contributed by atoms with van der Waals surface area (Å²) in [6, 6.07) is 4.31. The average Bonchev–Trinajstić information content (AvgIpc) is 2.55. The van der Waals surface area contributed by atoms with Gasteiger partial charge in [-0.1, -0.05) is 23.2 Å². The highest BCUT2D eigenvalue weighted by molar-refractivity contribution is 7.20. The van der Waals surface area contributed by atoms with Crippen molar-refractivity contribution in [2.75, 3.05) is 0 Å². The molecule has 6 heteroatoms. The van der Waals surface area contributed by atoms with Crippen LogP contribution in [0, 0.1) is 11.6 Å². The second-order valence-electron chi connectivity index (χ2n) is 3.38. The molecule has 17 heavy (non-hydrogen) atoms. The van der Waals surface area contributed by atoms with Crippen LogP contribution < -0.4 is 0 Å². The third-order valence-electron chi connectivity index (χ3n) is 2.18. The van der Waals surface area contributed by atoms with E-state index in [4.69, 9.17) is 23.2 Å². The summed E-state index contributed by atoms with van der Waals surface area (Å²) < 4.78 is 26.7. The highest BCUT2D eigenvalue weighted by Crippen LogP contribution is 2.37. The predicted molar refractivity (Wildman–Crippen MR) is 64.8 cm³/mol. The molecule has 0 spiro atoms. The van der Waals surface area contributed by atoms with E-state index < -0.39 is 17.7 Å². The summed E-state index contributed by atoms with van der Waals surface area (Å²) in [5.41, 5.74) is 0.436. The van der Waals surface area contributed by atoms with Crippen molar-refractivity contribution in [3.63, 3.8) is 0 Å². The predicted octanol–water partition coefficient (Wildman–Crippen LogP) is 4.41. The molecule has 0 radical (unpaired) electrons. The summed E-state index contributed by atoms with van der Waals surface area (Å²) in [6.45, 7) is 0. The van der Waals surface area contributed by atoms with E-state index in [2.05, 4.69) is 0 Å². The Labute approximate surface area is 110 Å². The Bertz CT molecular complexity index is 536.